The summed E-state index contributed by atoms with van der Waals surface area (Å²) in [5, 5.41) is 0. The van der Waals surface area contributed by atoms with Gasteiger partial charge in [-0.2, -0.15) is 0 Å². The van der Waals surface area contributed by atoms with Crippen LogP contribution in [0.5, 0.6) is 5.75 Å². The molecule has 1 aromatic rings. The molecule has 182 valence electrons. The van der Waals surface area contributed by atoms with Crippen molar-refractivity contribution in [2.75, 3.05) is 0 Å². The van der Waals surface area contributed by atoms with E-state index in [4.69, 9.17) is 14.2 Å². The fraction of sp³-hybridized carbons (Fsp3) is 0.680. The van der Waals surface area contributed by atoms with Crippen LogP contribution in [0.1, 0.15) is 74.7 Å². The number of carbonyl (C=O) groups is 2. The van der Waals surface area contributed by atoms with Crippen LogP contribution in [0.2, 0.25) is 0 Å². The minimum atomic E-state index is -0.741. The molecule has 0 unspecified atom stereocenters. The number of hydrogen-bond donors (Lipinski definition) is 0. The molecule has 0 fully saturated rings. The Morgan fingerprint density at radius 2 is 1.62 bits per heavy atom. The van der Waals surface area contributed by atoms with Gasteiger partial charge in [0.15, 0.2) is 11.6 Å². The molecule has 0 saturated heterocycles. The first-order chi connectivity index (χ1) is 14.8. The maximum absolute atomic E-state index is 14.2. The average molecular weight is 457 g/mol. The van der Waals surface area contributed by atoms with Gasteiger partial charge in [0.1, 0.15) is 23.6 Å². The number of esters is 2. The van der Waals surface area contributed by atoms with Crippen LogP contribution in [-0.2, 0) is 19.1 Å². The molecule has 0 aliphatic heterocycles. The van der Waals surface area contributed by atoms with Gasteiger partial charge in [0.2, 0.25) is 0 Å². The van der Waals surface area contributed by atoms with Gasteiger partial charge in [-0.3, -0.25) is 9.59 Å². The number of ether oxygens (including phenoxy) is 3. The van der Waals surface area contributed by atoms with E-state index in [-0.39, 0.29) is 24.0 Å². The molecule has 0 saturated carbocycles. The van der Waals surface area contributed by atoms with Crippen molar-refractivity contribution in [1.29, 1.82) is 0 Å². The van der Waals surface area contributed by atoms with Gasteiger partial charge in [-0.25, -0.2) is 8.78 Å². The van der Waals surface area contributed by atoms with Crippen LogP contribution in [0.3, 0.4) is 0 Å². The largest absolute Gasteiger partial charge is 0.483 e. The monoisotopic (exact) mass is 456 g/mol. The second-order valence-electron chi connectivity index (χ2n) is 9.52. The van der Waals surface area contributed by atoms with Crippen molar-refractivity contribution in [2.24, 2.45) is 17.8 Å². The summed E-state index contributed by atoms with van der Waals surface area (Å²) < 4.78 is 44.7. The predicted octanol–water partition coefficient (Wildman–Crippen LogP) is 6.08. The Labute approximate surface area is 190 Å². The molecule has 7 heteroatoms. The van der Waals surface area contributed by atoms with Crippen molar-refractivity contribution in [1.82, 2.24) is 0 Å². The van der Waals surface area contributed by atoms with Crippen LogP contribution in [0.15, 0.2) is 18.2 Å². The molecular weight excluding hydrogens is 418 g/mol. The molecule has 0 aromatic heterocycles. The fourth-order valence-corrected chi connectivity index (χ4v) is 3.53. The Hall–Kier alpha value is -2.18. The number of rotatable bonds is 11. The van der Waals surface area contributed by atoms with Crippen molar-refractivity contribution >= 4 is 11.9 Å². The standard InChI is InChI=1S/C25H38F2O5/c1-9-17(10-2)23(31-21-13-18(26)11-12-20(21)27)16(5)30-24(29)19(15(3)4)14-22(28)32-25(6,7)8/h11-13,15-17,19,23H,9-10,14H2,1-8H3/t16-,19-,23-/m0/s1. The van der Waals surface area contributed by atoms with Gasteiger partial charge in [-0.15, -0.1) is 0 Å². The maximum Gasteiger partial charge on any atom is 0.310 e. The summed E-state index contributed by atoms with van der Waals surface area (Å²) in [7, 11) is 0. The van der Waals surface area contributed by atoms with Gasteiger partial charge in [0.25, 0.3) is 0 Å². The lowest BCUT2D eigenvalue weighted by Crippen LogP contribution is -2.41. The first-order valence-corrected chi connectivity index (χ1v) is 11.3. The Morgan fingerprint density at radius 1 is 1.03 bits per heavy atom. The highest BCUT2D eigenvalue weighted by Crippen LogP contribution is 2.28. The van der Waals surface area contributed by atoms with Crippen molar-refractivity contribution in [3.05, 3.63) is 29.8 Å². The Kier molecular flexibility index (Phi) is 10.6. The van der Waals surface area contributed by atoms with E-state index >= 15 is 0 Å². The molecule has 1 rings (SSSR count). The number of carbonyl (C=O) groups excluding carboxylic acids is 2. The Morgan fingerprint density at radius 3 is 2.12 bits per heavy atom. The second kappa shape index (κ2) is 12.2. The zero-order valence-electron chi connectivity index (χ0n) is 20.5. The first kappa shape index (κ1) is 27.9. The number of hydrogen-bond acceptors (Lipinski definition) is 5. The molecule has 0 spiro atoms. The minimum Gasteiger partial charge on any atom is -0.483 e. The Bertz CT molecular complexity index is 753. The minimum absolute atomic E-state index is 0.0520. The smallest absolute Gasteiger partial charge is 0.310 e. The van der Waals surface area contributed by atoms with Crippen LogP contribution in [0.25, 0.3) is 0 Å². The van der Waals surface area contributed by atoms with Gasteiger partial charge in [0.05, 0.1) is 12.3 Å². The summed E-state index contributed by atoms with van der Waals surface area (Å²) in [6, 6.07) is 3.00. The highest BCUT2D eigenvalue weighted by atomic mass is 19.1. The lowest BCUT2D eigenvalue weighted by atomic mass is 9.91. The third-order valence-corrected chi connectivity index (χ3v) is 5.35. The van der Waals surface area contributed by atoms with Crippen LogP contribution >= 0.6 is 0 Å². The van der Waals surface area contributed by atoms with Crippen LogP contribution in [-0.4, -0.2) is 29.7 Å². The number of benzene rings is 1. The average Bonchev–Trinajstić information content (AvgIpc) is 2.67. The van der Waals surface area contributed by atoms with Crippen LogP contribution in [0.4, 0.5) is 8.78 Å². The summed E-state index contributed by atoms with van der Waals surface area (Å²) in [4.78, 5) is 25.2. The van der Waals surface area contributed by atoms with E-state index in [1.165, 1.54) is 0 Å². The van der Waals surface area contributed by atoms with Gasteiger partial charge in [0, 0.05) is 6.07 Å². The molecule has 0 bridgehead atoms. The van der Waals surface area contributed by atoms with E-state index in [0.29, 0.717) is 12.8 Å². The van der Waals surface area contributed by atoms with Gasteiger partial charge in [-0.1, -0.05) is 27.7 Å². The topological polar surface area (TPSA) is 61.8 Å². The predicted molar refractivity (Wildman–Crippen MR) is 119 cm³/mol. The molecule has 5 nitrogen and oxygen atoms in total. The number of halogens is 2. The fourth-order valence-electron chi connectivity index (χ4n) is 3.53. The molecule has 0 aliphatic rings. The van der Waals surface area contributed by atoms with Crippen molar-refractivity contribution in [2.45, 2.75) is 92.5 Å². The van der Waals surface area contributed by atoms with E-state index in [2.05, 4.69) is 0 Å². The lowest BCUT2D eigenvalue weighted by molar-refractivity contribution is -0.168. The highest BCUT2D eigenvalue weighted by molar-refractivity contribution is 5.80. The SMILES string of the molecule is CCC(CC)[C@@H](Oc1cc(F)ccc1F)[C@H](C)OC(=O)[C@@H](CC(=O)OC(C)(C)C)C(C)C. The summed E-state index contributed by atoms with van der Waals surface area (Å²) in [5.74, 6) is -3.45. The second-order valence-corrected chi connectivity index (χ2v) is 9.52. The van der Waals surface area contributed by atoms with E-state index in [1.54, 1.807) is 27.7 Å². The quantitative estimate of drug-likeness (QED) is 0.377. The van der Waals surface area contributed by atoms with Gasteiger partial charge in [-0.05, 0) is 64.5 Å². The summed E-state index contributed by atoms with van der Waals surface area (Å²) >= 11 is 0. The van der Waals surface area contributed by atoms with Crippen molar-refractivity contribution < 1.29 is 32.6 Å². The summed E-state index contributed by atoms with van der Waals surface area (Å²) in [6.07, 6.45) is -0.124. The zero-order chi connectivity index (χ0) is 24.6. The highest BCUT2D eigenvalue weighted by Gasteiger charge is 2.35. The zero-order valence-corrected chi connectivity index (χ0v) is 20.5. The molecule has 0 aliphatic carbocycles. The Balaban J connectivity index is 3.03. The molecule has 0 N–H and O–H groups in total. The van der Waals surface area contributed by atoms with Crippen LogP contribution < -0.4 is 4.74 Å². The van der Waals surface area contributed by atoms with Gasteiger partial charge >= 0.3 is 11.9 Å². The van der Waals surface area contributed by atoms with Gasteiger partial charge < -0.3 is 14.2 Å². The molecule has 3 atom stereocenters. The summed E-state index contributed by atoms with van der Waals surface area (Å²) in [6.45, 7) is 14.5. The molecule has 0 radical (unpaired) electrons. The normalized spacial score (nSPS) is 14.8. The van der Waals surface area contributed by atoms with Crippen molar-refractivity contribution in [3.63, 3.8) is 0 Å². The third kappa shape index (κ3) is 8.75. The summed E-state index contributed by atoms with van der Waals surface area (Å²) in [5.41, 5.74) is -0.654. The van der Waals surface area contributed by atoms with E-state index in [1.807, 2.05) is 27.7 Å². The molecule has 0 amide bonds. The van der Waals surface area contributed by atoms with E-state index in [9.17, 15) is 18.4 Å². The van der Waals surface area contributed by atoms with Crippen LogP contribution in [0, 0.1) is 29.4 Å². The first-order valence-electron chi connectivity index (χ1n) is 11.3. The third-order valence-electron chi connectivity index (χ3n) is 5.35. The molecule has 32 heavy (non-hydrogen) atoms. The molecule has 0 heterocycles. The molecule has 1 aromatic carbocycles. The van der Waals surface area contributed by atoms with E-state index in [0.717, 1.165) is 18.2 Å². The lowest BCUT2D eigenvalue weighted by Gasteiger charge is -2.32. The maximum atomic E-state index is 14.2. The van der Waals surface area contributed by atoms with Crippen molar-refractivity contribution in [3.8, 4) is 5.75 Å². The molecular formula is C25H38F2O5. The van der Waals surface area contributed by atoms with E-state index < -0.39 is 47.3 Å².